The molecule has 26 heavy (non-hydrogen) atoms. The number of amides is 2. The topological polar surface area (TPSA) is 67.4 Å². The summed E-state index contributed by atoms with van der Waals surface area (Å²) < 4.78 is 5.36. The quantitative estimate of drug-likeness (QED) is 0.829. The van der Waals surface area contributed by atoms with Crippen LogP contribution in [0, 0.1) is 5.92 Å². The molecular weight excluding hydrogens is 328 g/mol. The number of rotatable bonds is 5. The zero-order valence-corrected chi connectivity index (χ0v) is 15.7. The van der Waals surface area contributed by atoms with E-state index < -0.39 is 23.7 Å². The fourth-order valence-corrected chi connectivity index (χ4v) is 2.52. The Bertz CT molecular complexity index is 724. The summed E-state index contributed by atoms with van der Waals surface area (Å²) in [5, 5.41) is 5.72. The molecule has 2 aromatic carbocycles. The Morgan fingerprint density at radius 2 is 1.46 bits per heavy atom. The first-order valence-corrected chi connectivity index (χ1v) is 8.66. The first kappa shape index (κ1) is 19.5. The normalized spacial score (nSPS) is 13.4. The SMILES string of the molecule is CC(C(=O)Nc1ccccc1)C(NC(=O)OC(C)(C)C)c1ccccc1. The molecule has 5 nitrogen and oxygen atoms in total. The molecule has 0 radical (unpaired) electrons. The van der Waals surface area contributed by atoms with Gasteiger partial charge in [-0.1, -0.05) is 55.5 Å². The van der Waals surface area contributed by atoms with Crippen LogP contribution in [0.15, 0.2) is 60.7 Å². The summed E-state index contributed by atoms with van der Waals surface area (Å²) in [4.78, 5) is 25.0. The van der Waals surface area contributed by atoms with Gasteiger partial charge < -0.3 is 15.4 Å². The maximum absolute atomic E-state index is 12.7. The molecule has 2 rings (SSSR count). The minimum atomic E-state index is -0.610. The Morgan fingerprint density at radius 1 is 0.923 bits per heavy atom. The lowest BCUT2D eigenvalue weighted by molar-refractivity contribution is -0.120. The molecule has 0 aliphatic heterocycles. The summed E-state index contributed by atoms with van der Waals surface area (Å²) in [7, 11) is 0. The third kappa shape index (κ3) is 5.92. The van der Waals surface area contributed by atoms with Crippen molar-refractivity contribution in [1.82, 2.24) is 5.32 Å². The molecule has 5 heteroatoms. The van der Waals surface area contributed by atoms with Gasteiger partial charge in [0, 0.05) is 5.69 Å². The number of carbonyl (C=O) groups excluding carboxylic acids is 2. The number of benzene rings is 2. The van der Waals surface area contributed by atoms with E-state index in [0.717, 1.165) is 5.56 Å². The van der Waals surface area contributed by atoms with Crippen molar-refractivity contribution in [2.75, 3.05) is 5.32 Å². The zero-order valence-electron chi connectivity index (χ0n) is 15.7. The fraction of sp³-hybridized carbons (Fsp3) is 0.333. The number of hydrogen-bond acceptors (Lipinski definition) is 3. The van der Waals surface area contributed by atoms with E-state index in [0.29, 0.717) is 5.69 Å². The second-order valence-electron chi connectivity index (χ2n) is 7.18. The van der Waals surface area contributed by atoms with Crippen LogP contribution in [0.1, 0.15) is 39.3 Å². The van der Waals surface area contributed by atoms with Crippen molar-refractivity contribution in [2.45, 2.75) is 39.3 Å². The monoisotopic (exact) mass is 354 g/mol. The Kier molecular flexibility index (Phi) is 6.39. The summed E-state index contributed by atoms with van der Waals surface area (Å²) in [6.45, 7) is 7.19. The van der Waals surface area contributed by atoms with E-state index in [4.69, 9.17) is 4.74 Å². The molecule has 0 bridgehead atoms. The molecule has 0 saturated carbocycles. The number of nitrogens with one attached hydrogen (secondary N) is 2. The van der Waals surface area contributed by atoms with Crippen molar-refractivity contribution in [2.24, 2.45) is 5.92 Å². The van der Waals surface area contributed by atoms with Gasteiger partial charge in [-0.05, 0) is 38.5 Å². The van der Waals surface area contributed by atoms with E-state index in [-0.39, 0.29) is 5.91 Å². The molecule has 0 saturated heterocycles. The molecule has 0 spiro atoms. The molecule has 138 valence electrons. The predicted molar refractivity (Wildman–Crippen MR) is 103 cm³/mol. The lowest BCUT2D eigenvalue weighted by Crippen LogP contribution is -2.40. The minimum Gasteiger partial charge on any atom is -0.444 e. The van der Waals surface area contributed by atoms with Crippen molar-refractivity contribution in [1.29, 1.82) is 0 Å². The Balaban J connectivity index is 2.17. The number of para-hydroxylation sites is 1. The summed E-state index contributed by atoms with van der Waals surface area (Å²) in [5.74, 6) is -0.675. The first-order valence-electron chi connectivity index (χ1n) is 8.66. The number of hydrogen-bond donors (Lipinski definition) is 2. The van der Waals surface area contributed by atoms with Gasteiger partial charge in [0.1, 0.15) is 5.60 Å². The summed E-state index contributed by atoms with van der Waals surface area (Å²) in [5.41, 5.74) is 0.948. The Hall–Kier alpha value is -2.82. The highest BCUT2D eigenvalue weighted by atomic mass is 16.6. The van der Waals surface area contributed by atoms with Crippen LogP contribution in [0.4, 0.5) is 10.5 Å². The van der Waals surface area contributed by atoms with Gasteiger partial charge in [0.2, 0.25) is 5.91 Å². The van der Waals surface area contributed by atoms with Crippen LogP contribution in [0.3, 0.4) is 0 Å². The molecule has 0 aromatic heterocycles. The maximum atomic E-state index is 12.7. The van der Waals surface area contributed by atoms with E-state index >= 15 is 0 Å². The number of ether oxygens (including phenoxy) is 1. The van der Waals surface area contributed by atoms with E-state index in [9.17, 15) is 9.59 Å². The highest BCUT2D eigenvalue weighted by Gasteiger charge is 2.29. The van der Waals surface area contributed by atoms with Gasteiger partial charge in [-0.15, -0.1) is 0 Å². The molecule has 0 aliphatic rings. The van der Waals surface area contributed by atoms with E-state index in [1.807, 2.05) is 60.7 Å². The Morgan fingerprint density at radius 3 is 2.00 bits per heavy atom. The highest BCUT2D eigenvalue weighted by molar-refractivity contribution is 5.93. The standard InChI is InChI=1S/C21H26N2O3/c1-15(19(24)22-17-13-9-6-10-14-17)18(16-11-7-5-8-12-16)23-20(25)26-21(2,3)4/h5-15,18H,1-4H3,(H,22,24)(H,23,25). The van der Waals surface area contributed by atoms with Gasteiger partial charge in [0.05, 0.1) is 12.0 Å². The second kappa shape index (κ2) is 8.52. The molecule has 2 amide bonds. The third-order valence-electron chi connectivity index (χ3n) is 3.79. The highest BCUT2D eigenvalue weighted by Crippen LogP contribution is 2.24. The van der Waals surface area contributed by atoms with Crippen LogP contribution >= 0.6 is 0 Å². The van der Waals surface area contributed by atoms with E-state index in [1.165, 1.54) is 0 Å². The summed E-state index contributed by atoms with van der Waals surface area (Å²) in [6, 6.07) is 18.1. The third-order valence-corrected chi connectivity index (χ3v) is 3.79. The maximum Gasteiger partial charge on any atom is 0.408 e. The van der Waals surface area contributed by atoms with Crippen LogP contribution in [0.2, 0.25) is 0 Å². The van der Waals surface area contributed by atoms with Crippen molar-refractivity contribution >= 4 is 17.7 Å². The van der Waals surface area contributed by atoms with Crippen LogP contribution in [0.5, 0.6) is 0 Å². The second-order valence-corrected chi connectivity index (χ2v) is 7.18. The van der Waals surface area contributed by atoms with Crippen molar-refractivity contribution in [3.8, 4) is 0 Å². The van der Waals surface area contributed by atoms with E-state index in [1.54, 1.807) is 27.7 Å². The lowest BCUT2D eigenvalue weighted by Gasteiger charge is -2.27. The van der Waals surface area contributed by atoms with Crippen molar-refractivity contribution in [3.05, 3.63) is 66.2 Å². The van der Waals surface area contributed by atoms with Crippen molar-refractivity contribution in [3.63, 3.8) is 0 Å². The predicted octanol–water partition coefficient (Wildman–Crippen LogP) is 4.53. The number of alkyl carbamates (subject to hydrolysis) is 1. The minimum absolute atomic E-state index is 0.180. The number of carbonyl (C=O) groups is 2. The van der Waals surface area contributed by atoms with Crippen molar-refractivity contribution < 1.29 is 14.3 Å². The largest absolute Gasteiger partial charge is 0.444 e. The number of anilines is 1. The van der Waals surface area contributed by atoms with E-state index in [2.05, 4.69) is 10.6 Å². The van der Waals surface area contributed by atoms with Crippen LogP contribution in [-0.4, -0.2) is 17.6 Å². The molecule has 0 heterocycles. The smallest absolute Gasteiger partial charge is 0.408 e. The molecule has 2 N–H and O–H groups in total. The Labute approximate surface area is 154 Å². The molecule has 2 aromatic rings. The zero-order chi connectivity index (χ0) is 19.2. The molecule has 0 fully saturated rings. The van der Waals surface area contributed by atoms with Gasteiger partial charge in [0.25, 0.3) is 0 Å². The molecule has 2 atom stereocenters. The van der Waals surface area contributed by atoms with Gasteiger partial charge >= 0.3 is 6.09 Å². The van der Waals surface area contributed by atoms with Gasteiger partial charge in [-0.2, -0.15) is 0 Å². The average molecular weight is 354 g/mol. The van der Waals surface area contributed by atoms with Gasteiger partial charge in [-0.25, -0.2) is 4.79 Å². The first-order chi connectivity index (χ1) is 12.3. The molecular formula is C21H26N2O3. The van der Waals surface area contributed by atoms with Crippen LogP contribution in [-0.2, 0) is 9.53 Å². The molecule has 0 aliphatic carbocycles. The average Bonchev–Trinajstić information content (AvgIpc) is 2.59. The fourth-order valence-electron chi connectivity index (χ4n) is 2.52. The van der Waals surface area contributed by atoms with Gasteiger partial charge in [-0.3, -0.25) is 4.79 Å². The molecule has 2 unspecified atom stereocenters. The summed E-state index contributed by atoms with van der Waals surface area (Å²) in [6.07, 6.45) is -0.550. The lowest BCUT2D eigenvalue weighted by atomic mass is 9.93. The summed E-state index contributed by atoms with van der Waals surface area (Å²) >= 11 is 0. The van der Waals surface area contributed by atoms with Gasteiger partial charge in [0.15, 0.2) is 0 Å². The van der Waals surface area contributed by atoms with Crippen LogP contribution in [0.25, 0.3) is 0 Å². The van der Waals surface area contributed by atoms with Crippen LogP contribution < -0.4 is 10.6 Å².